The Balaban J connectivity index is 1.82. The molecule has 0 saturated heterocycles. The second kappa shape index (κ2) is 5.64. The molecule has 2 aromatic heterocycles. The van der Waals surface area contributed by atoms with Crippen molar-refractivity contribution in [2.75, 3.05) is 11.9 Å². The van der Waals surface area contributed by atoms with Crippen LogP contribution >= 0.6 is 0 Å². The van der Waals surface area contributed by atoms with Crippen LogP contribution in [0.15, 0.2) is 31.1 Å². The predicted octanol–water partition coefficient (Wildman–Crippen LogP) is 2.79. The van der Waals surface area contributed by atoms with E-state index in [0.29, 0.717) is 23.1 Å². The monoisotopic (exact) mass is 320 g/mol. The quantitative estimate of drug-likeness (QED) is 0.717. The summed E-state index contributed by atoms with van der Waals surface area (Å²) in [4.78, 5) is 18.4. The number of nitrogens with one attached hydrogen (secondary N) is 3. The number of hydrogen-bond donors (Lipinski definition) is 3. The number of pyridine rings is 1. The zero-order chi connectivity index (χ0) is 16.6. The number of H-pyrrole nitrogens is 1. The van der Waals surface area contributed by atoms with E-state index in [0.717, 1.165) is 5.69 Å². The fourth-order valence-electron chi connectivity index (χ4n) is 2.67. The van der Waals surface area contributed by atoms with Crippen LogP contribution in [0.1, 0.15) is 24.8 Å². The van der Waals surface area contributed by atoms with Crippen molar-refractivity contribution in [1.29, 1.82) is 0 Å². The van der Waals surface area contributed by atoms with Gasteiger partial charge in [-0.3, -0.25) is 4.79 Å². The number of hydrogen-bond acceptors (Lipinski definition) is 3. The lowest BCUT2D eigenvalue weighted by Gasteiger charge is -2.16. The summed E-state index contributed by atoms with van der Waals surface area (Å²) >= 11 is 0. The highest BCUT2D eigenvalue weighted by Gasteiger charge is 2.58. The number of alkyl halides is 2. The van der Waals surface area contributed by atoms with Crippen molar-refractivity contribution in [2.24, 2.45) is 0 Å². The van der Waals surface area contributed by atoms with Gasteiger partial charge in [0.1, 0.15) is 5.65 Å². The van der Waals surface area contributed by atoms with Crippen LogP contribution in [-0.4, -0.2) is 34.4 Å². The molecule has 23 heavy (non-hydrogen) atoms. The molecule has 0 spiro atoms. The average molecular weight is 320 g/mol. The summed E-state index contributed by atoms with van der Waals surface area (Å²) in [6, 6.07) is 1.68. The molecule has 3 N–H and O–H groups in total. The predicted molar refractivity (Wildman–Crippen MR) is 84.7 cm³/mol. The number of amides is 1. The van der Waals surface area contributed by atoms with Gasteiger partial charge < -0.3 is 15.6 Å². The number of rotatable bonds is 6. The van der Waals surface area contributed by atoms with E-state index >= 15 is 0 Å². The van der Waals surface area contributed by atoms with Gasteiger partial charge >= 0.3 is 0 Å². The Hall–Kier alpha value is -2.44. The smallest absolute Gasteiger partial charge is 0.256 e. The first kappa shape index (κ1) is 15.5. The largest absolute Gasteiger partial charge is 0.380 e. The van der Waals surface area contributed by atoms with Gasteiger partial charge in [0.2, 0.25) is 5.91 Å². The highest BCUT2D eigenvalue weighted by Crippen LogP contribution is 2.57. The first-order valence-electron chi connectivity index (χ1n) is 7.43. The summed E-state index contributed by atoms with van der Waals surface area (Å²) in [5.74, 6) is -3.64. The molecule has 2 atom stereocenters. The zero-order valence-corrected chi connectivity index (χ0v) is 12.7. The van der Waals surface area contributed by atoms with Crippen molar-refractivity contribution < 1.29 is 13.6 Å². The van der Waals surface area contributed by atoms with E-state index in [1.807, 2.05) is 6.92 Å². The van der Waals surface area contributed by atoms with E-state index < -0.39 is 11.8 Å². The minimum absolute atomic E-state index is 0.0769. The zero-order valence-electron chi connectivity index (χ0n) is 12.7. The fourth-order valence-corrected chi connectivity index (χ4v) is 2.67. The Morgan fingerprint density at radius 2 is 2.39 bits per heavy atom. The number of aromatic amines is 1. The van der Waals surface area contributed by atoms with Crippen LogP contribution in [0, 0.1) is 0 Å². The maximum Gasteiger partial charge on any atom is 0.256 e. The molecule has 1 amide bonds. The number of anilines is 1. The third kappa shape index (κ3) is 3.04. The van der Waals surface area contributed by atoms with Gasteiger partial charge in [-0.25, -0.2) is 13.8 Å². The lowest BCUT2D eigenvalue weighted by Crippen LogP contribution is -2.33. The van der Waals surface area contributed by atoms with E-state index in [-0.39, 0.29) is 18.4 Å². The molecule has 0 aliphatic heterocycles. The van der Waals surface area contributed by atoms with E-state index in [2.05, 4.69) is 27.2 Å². The number of carbonyl (C=O) groups is 1. The molecule has 3 rings (SSSR count). The van der Waals surface area contributed by atoms with Crippen molar-refractivity contribution in [3.63, 3.8) is 0 Å². The number of nitrogens with zero attached hydrogens (tertiary/aromatic N) is 1. The standard InChI is InChI=1S/C16H18F2N4O/c1-3-13(23)20-7-9(2)22-12-4-5-19-15-14(12)10(8-21-15)11-6-16(11,17)18/h3-5,8-9,11H,1,6-7H2,2H3,(H,20,23)(H2,19,21,22). The third-order valence-corrected chi connectivity index (χ3v) is 3.98. The Bertz CT molecular complexity index is 756. The van der Waals surface area contributed by atoms with Crippen molar-refractivity contribution in [2.45, 2.75) is 31.2 Å². The Kier molecular flexibility index (Phi) is 3.79. The first-order valence-corrected chi connectivity index (χ1v) is 7.43. The molecule has 0 aromatic carbocycles. The Morgan fingerprint density at radius 3 is 3.04 bits per heavy atom. The van der Waals surface area contributed by atoms with Crippen molar-refractivity contribution in [3.05, 3.63) is 36.7 Å². The first-order chi connectivity index (χ1) is 10.9. The molecule has 1 saturated carbocycles. The van der Waals surface area contributed by atoms with E-state index in [1.54, 1.807) is 18.5 Å². The topological polar surface area (TPSA) is 69.8 Å². The van der Waals surface area contributed by atoms with E-state index in [1.165, 1.54) is 6.08 Å². The minimum Gasteiger partial charge on any atom is -0.380 e. The lowest BCUT2D eigenvalue weighted by molar-refractivity contribution is -0.116. The number of carbonyl (C=O) groups excluding carboxylic acids is 1. The Morgan fingerprint density at radius 1 is 1.65 bits per heavy atom. The summed E-state index contributed by atoms with van der Waals surface area (Å²) in [6.07, 6.45) is 4.31. The van der Waals surface area contributed by atoms with Crippen molar-refractivity contribution >= 4 is 22.6 Å². The van der Waals surface area contributed by atoms with Crippen LogP contribution in [0.2, 0.25) is 0 Å². The van der Waals surface area contributed by atoms with Crippen LogP contribution in [0.4, 0.5) is 14.5 Å². The summed E-state index contributed by atoms with van der Waals surface area (Å²) < 4.78 is 26.8. The molecule has 1 fully saturated rings. The molecule has 2 unspecified atom stereocenters. The SMILES string of the molecule is C=CC(=O)NCC(C)Nc1ccnc2[nH]cc(C3CC3(F)F)c12. The lowest BCUT2D eigenvalue weighted by atomic mass is 10.1. The molecule has 0 bridgehead atoms. The normalized spacial score (nSPS) is 20.0. The second-order valence-corrected chi connectivity index (χ2v) is 5.84. The number of halogens is 2. The van der Waals surface area contributed by atoms with Crippen molar-refractivity contribution in [1.82, 2.24) is 15.3 Å². The van der Waals surface area contributed by atoms with Crippen LogP contribution < -0.4 is 10.6 Å². The number of aromatic nitrogens is 2. The van der Waals surface area contributed by atoms with E-state index in [4.69, 9.17) is 0 Å². The van der Waals surface area contributed by atoms with Gasteiger partial charge in [0.25, 0.3) is 5.92 Å². The summed E-state index contributed by atoms with van der Waals surface area (Å²) in [7, 11) is 0. The molecule has 7 heteroatoms. The average Bonchev–Trinajstić information content (AvgIpc) is 2.96. The highest BCUT2D eigenvalue weighted by atomic mass is 19.3. The molecule has 0 radical (unpaired) electrons. The van der Waals surface area contributed by atoms with Gasteiger partial charge in [-0.1, -0.05) is 6.58 Å². The molecular formula is C16H18F2N4O. The Labute approximate surface area is 132 Å². The van der Waals surface area contributed by atoms with Crippen LogP contribution in [0.5, 0.6) is 0 Å². The summed E-state index contributed by atoms with van der Waals surface area (Å²) in [5, 5.41) is 6.63. The van der Waals surface area contributed by atoms with Crippen LogP contribution in [0.25, 0.3) is 11.0 Å². The molecular weight excluding hydrogens is 302 g/mol. The van der Waals surface area contributed by atoms with Gasteiger partial charge in [0.15, 0.2) is 0 Å². The highest BCUT2D eigenvalue weighted by molar-refractivity contribution is 5.93. The van der Waals surface area contributed by atoms with Gasteiger partial charge in [-0.2, -0.15) is 0 Å². The third-order valence-electron chi connectivity index (χ3n) is 3.98. The fraction of sp³-hybridized carbons (Fsp3) is 0.375. The van der Waals surface area contributed by atoms with Gasteiger partial charge in [0.05, 0.1) is 5.92 Å². The maximum absolute atomic E-state index is 13.4. The molecule has 122 valence electrons. The van der Waals surface area contributed by atoms with Gasteiger partial charge in [0, 0.05) is 42.5 Å². The summed E-state index contributed by atoms with van der Waals surface area (Å²) in [6.45, 7) is 5.69. The molecule has 2 heterocycles. The van der Waals surface area contributed by atoms with E-state index in [9.17, 15) is 13.6 Å². The van der Waals surface area contributed by atoms with Crippen LogP contribution in [0.3, 0.4) is 0 Å². The molecule has 2 aromatic rings. The van der Waals surface area contributed by atoms with Gasteiger partial charge in [-0.15, -0.1) is 0 Å². The van der Waals surface area contributed by atoms with Crippen LogP contribution in [-0.2, 0) is 4.79 Å². The van der Waals surface area contributed by atoms with Crippen molar-refractivity contribution in [3.8, 4) is 0 Å². The number of fused-ring (bicyclic) bond motifs is 1. The maximum atomic E-state index is 13.4. The molecule has 1 aliphatic rings. The molecule has 1 aliphatic carbocycles. The summed E-state index contributed by atoms with van der Waals surface area (Å²) in [5.41, 5.74) is 1.90. The van der Waals surface area contributed by atoms with Gasteiger partial charge in [-0.05, 0) is 24.6 Å². The minimum atomic E-state index is -2.63. The molecule has 5 nitrogen and oxygen atoms in total. The second-order valence-electron chi connectivity index (χ2n) is 5.84.